The van der Waals surface area contributed by atoms with Crippen LogP contribution in [0.15, 0.2) is 24.3 Å². The lowest BCUT2D eigenvalue weighted by atomic mass is 10.1. The van der Waals surface area contributed by atoms with E-state index in [-0.39, 0.29) is 24.8 Å². The van der Waals surface area contributed by atoms with Crippen molar-refractivity contribution in [3.63, 3.8) is 0 Å². The van der Waals surface area contributed by atoms with E-state index in [4.69, 9.17) is 4.74 Å². The van der Waals surface area contributed by atoms with E-state index in [1.54, 1.807) is 7.11 Å². The normalized spacial score (nSPS) is 13.7. The minimum atomic E-state index is -0.185. The predicted octanol–water partition coefficient (Wildman–Crippen LogP) is 0.632. The van der Waals surface area contributed by atoms with E-state index in [0.29, 0.717) is 11.8 Å². The molecule has 1 fully saturated rings. The first-order valence-corrected chi connectivity index (χ1v) is 6.37. The standard InChI is InChI=1S/C14H18N2O3/c1-19-12-5-3-2-4-10(12)8-13(17)15-9-14(18)16-11-6-7-11/h2-5,11H,6-9H2,1H3,(H,15,17)(H,16,18). The molecule has 2 amide bonds. The lowest BCUT2D eigenvalue weighted by molar-refractivity contribution is -0.125. The topological polar surface area (TPSA) is 67.4 Å². The van der Waals surface area contributed by atoms with Gasteiger partial charge in [-0.25, -0.2) is 0 Å². The molecule has 2 N–H and O–H groups in total. The molecule has 0 saturated heterocycles. The average Bonchev–Trinajstić information content (AvgIpc) is 3.21. The molecular weight excluding hydrogens is 244 g/mol. The van der Waals surface area contributed by atoms with Crippen LogP contribution in [-0.4, -0.2) is 31.5 Å². The second-order valence-electron chi connectivity index (χ2n) is 4.61. The maximum atomic E-state index is 11.7. The maximum absolute atomic E-state index is 11.7. The molecule has 5 heteroatoms. The van der Waals surface area contributed by atoms with Crippen molar-refractivity contribution in [3.05, 3.63) is 29.8 Å². The number of methoxy groups -OCH3 is 1. The van der Waals surface area contributed by atoms with Gasteiger partial charge in [-0.05, 0) is 18.9 Å². The lowest BCUT2D eigenvalue weighted by Gasteiger charge is -2.09. The Morgan fingerprint density at radius 3 is 2.68 bits per heavy atom. The van der Waals surface area contributed by atoms with Crippen LogP contribution >= 0.6 is 0 Å². The summed E-state index contributed by atoms with van der Waals surface area (Å²) in [5.74, 6) is 0.367. The third-order valence-corrected chi connectivity index (χ3v) is 2.93. The fraction of sp³-hybridized carbons (Fsp3) is 0.429. The SMILES string of the molecule is COc1ccccc1CC(=O)NCC(=O)NC1CC1. The number of nitrogens with one attached hydrogen (secondary N) is 2. The van der Waals surface area contributed by atoms with Gasteiger partial charge in [-0.3, -0.25) is 9.59 Å². The van der Waals surface area contributed by atoms with Crippen LogP contribution in [0.4, 0.5) is 0 Å². The quantitative estimate of drug-likeness (QED) is 0.790. The molecule has 102 valence electrons. The number of hydrogen-bond donors (Lipinski definition) is 2. The van der Waals surface area contributed by atoms with Crippen LogP contribution in [0, 0.1) is 0 Å². The third kappa shape index (κ3) is 4.28. The van der Waals surface area contributed by atoms with Crippen molar-refractivity contribution < 1.29 is 14.3 Å². The van der Waals surface area contributed by atoms with Gasteiger partial charge in [0.2, 0.25) is 11.8 Å². The van der Waals surface area contributed by atoms with Crippen LogP contribution in [0.25, 0.3) is 0 Å². The number of amides is 2. The zero-order valence-corrected chi connectivity index (χ0v) is 10.9. The molecule has 1 aromatic carbocycles. The van der Waals surface area contributed by atoms with E-state index >= 15 is 0 Å². The van der Waals surface area contributed by atoms with E-state index < -0.39 is 0 Å². The van der Waals surface area contributed by atoms with Crippen molar-refractivity contribution in [1.29, 1.82) is 0 Å². The van der Waals surface area contributed by atoms with Gasteiger partial charge in [0.15, 0.2) is 0 Å². The molecule has 1 saturated carbocycles. The van der Waals surface area contributed by atoms with Crippen LogP contribution in [-0.2, 0) is 16.0 Å². The van der Waals surface area contributed by atoms with E-state index in [9.17, 15) is 9.59 Å². The van der Waals surface area contributed by atoms with Gasteiger partial charge in [0, 0.05) is 11.6 Å². The third-order valence-electron chi connectivity index (χ3n) is 2.93. The van der Waals surface area contributed by atoms with Crippen molar-refractivity contribution >= 4 is 11.8 Å². The van der Waals surface area contributed by atoms with Gasteiger partial charge in [-0.1, -0.05) is 18.2 Å². The predicted molar refractivity (Wildman–Crippen MR) is 70.9 cm³/mol. The minimum Gasteiger partial charge on any atom is -0.496 e. The molecule has 2 rings (SSSR count). The second-order valence-corrected chi connectivity index (χ2v) is 4.61. The summed E-state index contributed by atoms with van der Waals surface area (Å²) < 4.78 is 5.17. The smallest absolute Gasteiger partial charge is 0.239 e. The Balaban J connectivity index is 1.78. The van der Waals surface area contributed by atoms with Gasteiger partial charge >= 0.3 is 0 Å². The Bertz CT molecular complexity index is 470. The first-order chi connectivity index (χ1) is 9.19. The van der Waals surface area contributed by atoms with E-state index in [0.717, 1.165) is 18.4 Å². The zero-order chi connectivity index (χ0) is 13.7. The van der Waals surface area contributed by atoms with Crippen LogP contribution < -0.4 is 15.4 Å². The number of para-hydroxylation sites is 1. The molecular formula is C14H18N2O3. The van der Waals surface area contributed by atoms with E-state index in [1.165, 1.54) is 0 Å². The van der Waals surface area contributed by atoms with Crippen LogP contribution in [0.2, 0.25) is 0 Å². The summed E-state index contributed by atoms with van der Waals surface area (Å²) in [6, 6.07) is 7.66. The summed E-state index contributed by atoms with van der Waals surface area (Å²) in [5.41, 5.74) is 0.810. The number of rotatable bonds is 6. The van der Waals surface area contributed by atoms with Crippen LogP contribution in [0.3, 0.4) is 0 Å². The van der Waals surface area contributed by atoms with Gasteiger partial charge in [-0.15, -0.1) is 0 Å². The van der Waals surface area contributed by atoms with E-state index in [1.807, 2.05) is 24.3 Å². The summed E-state index contributed by atoms with van der Waals surface area (Å²) in [4.78, 5) is 23.2. The van der Waals surface area contributed by atoms with Crippen molar-refractivity contribution in [2.45, 2.75) is 25.3 Å². The molecule has 5 nitrogen and oxygen atoms in total. The molecule has 0 spiro atoms. The summed E-state index contributed by atoms with van der Waals surface area (Å²) in [6.45, 7) is 0.0322. The van der Waals surface area contributed by atoms with Gasteiger partial charge in [-0.2, -0.15) is 0 Å². The molecule has 1 aromatic rings. The number of ether oxygens (including phenoxy) is 1. The maximum Gasteiger partial charge on any atom is 0.239 e. The van der Waals surface area contributed by atoms with Crippen LogP contribution in [0.1, 0.15) is 18.4 Å². The number of hydrogen-bond acceptors (Lipinski definition) is 3. The molecule has 0 aromatic heterocycles. The Morgan fingerprint density at radius 2 is 2.00 bits per heavy atom. The highest BCUT2D eigenvalue weighted by molar-refractivity contribution is 5.86. The largest absolute Gasteiger partial charge is 0.496 e. The Labute approximate surface area is 112 Å². The second kappa shape index (κ2) is 6.22. The van der Waals surface area contributed by atoms with Crippen molar-refractivity contribution in [2.24, 2.45) is 0 Å². The first-order valence-electron chi connectivity index (χ1n) is 6.37. The molecule has 1 aliphatic rings. The van der Waals surface area contributed by atoms with Crippen molar-refractivity contribution in [2.75, 3.05) is 13.7 Å². The Hall–Kier alpha value is -2.04. The number of carbonyl (C=O) groups excluding carboxylic acids is 2. The molecule has 0 heterocycles. The summed E-state index contributed by atoms with van der Waals surface area (Å²) in [7, 11) is 1.57. The van der Waals surface area contributed by atoms with Crippen molar-refractivity contribution in [1.82, 2.24) is 10.6 Å². The molecule has 19 heavy (non-hydrogen) atoms. The highest BCUT2D eigenvalue weighted by atomic mass is 16.5. The zero-order valence-electron chi connectivity index (χ0n) is 10.9. The fourth-order valence-corrected chi connectivity index (χ4v) is 1.77. The molecule has 1 aliphatic carbocycles. The molecule has 0 bridgehead atoms. The highest BCUT2D eigenvalue weighted by Crippen LogP contribution is 2.18. The van der Waals surface area contributed by atoms with Crippen LogP contribution in [0.5, 0.6) is 5.75 Å². The highest BCUT2D eigenvalue weighted by Gasteiger charge is 2.23. The summed E-state index contributed by atoms with van der Waals surface area (Å²) in [5, 5.41) is 5.43. The molecule has 0 atom stereocenters. The summed E-state index contributed by atoms with van der Waals surface area (Å²) in [6.07, 6.45) is 2.29. The fourth-order valence-electron chi connectivity index (χ4n) is 1.77. The van der Waals surface area contributed by atoms with Crippen molar-refractivity contribution in [3.8, 4) is 5.75 Å². The first kappa shape index (κ1) is 13.4. The Morgan fingerprint density at radius 1 is 1.26 bits per heavy atom. The molecule has 0 aliphatic heterocycles. The summed E-state index contributed by atoms with van der Waals surface area (Å²) >= 11 is 0. The van der Waals surface area contributed by atoms with Gasteiger partial charge in [0.1, 0.15) is 5.75 Å². The monoisotopic (exact) mass is 262 g/mol. The minimum absolute atomic E-state index is 0.0322. The van der Waals surface area contributed by atoms with Gasteiger partial charge in [0.25, 0.3) is 0 Å². The molecule has 0 unspecified atom stereocenters. The Kier molecular flexibility index (Phi) is 4.39. The molecule has 0 radical (unpaired) electrons. The number of carbonyl (C=O) groups is 2. The number of benzene rings is 1. The van der Waals surface area contributed by atoms with E-state index in [2.05, 4.69) is 10.6 Å². The average molecular weight is 262 g/mol. The van der Waals surface area contributed by atoms with Gasteiger partial charge in [0.05, 0.1) is 20.1 Å². The van der Waals surface area contributed by atoms with Gasteiger partial charge < -0.3 is 15.4 Å². The lowest BCUT2D eigenvalue weighted by Crippen LogP contribution is -2.38.